The molecule has 0 fully saturated rings. The molecular formula is C19H15N5O2. The minimum absolute atomic E-state index is 0.0158. The van der Waals surface area contributed by atoms with Crippen molar-refractivity contribution in [3.05, 3.63) is 82.9 Å². The molecule has 0 saturated carbocycles. The third kappa shape index (κ3) is 3.10. The van der Waals surface area contributed by atoms with Gasteiger partial charge >= 0.3 is 0 Å². The molecule has 128 valence electrons. The average Bonchev–Trinajstić information content (AvgIpc) is 3.12. The zero-order chi connectivity index (χ0) is 17.9. The van der Waals surface area contributed by atoms with Crippen molar-refractivity contribution < 1.29 is 4.79 Å². The van der Waals surface area contributed by atoms with Gasteiger partial charge in [0.15, 0.2) is 5.82 Å². The van der Waals surface area contributed by atoms with Gasteiger partial charge in [0.1, 0.15) is 5.52 Å². The van der Waals surface area contributed by atoms with E-state index in [9.17, 15) is 9.59 Å². The highest BCUT2D eigenvalue weighted by molar-refractivity contribution is 5.91. The summed E-state index contributed by atoms with van der Waals surface area (Å²) in [7, 11) is 0. The van der Waals surface area contributed by atoms with Gasteiger partial charge in [0, 0.05) is 11.3 Å². The molecule has 0 aliphatic heterocycles. The summed E-state index contributed by atoms with van der Waals surface area (Å²) in [6.45, 7) is 0. The number of rotatable bonds is 4. The summed E-state index contributed by atoms with van der Waals surface area (Å²) in [5, 5.41) is 13.7. The third-order valence-corrected chi connectivity index (χ3v) is 3.92. The van der Waals surface area contributed by atoms with E-state index < -0.39 is 0 Å². The molecule has 2 N–H and O–H groups in total. The van der Waals surface area contributed by atoms with Crippen molar-refractivity contribution in [1.82, 2.24) is 19.8 Å². The molecule has 0 atom stereocenters. The first-order chi connectivity index (χ1) is 12.7. The monoisotopic (exact) mass is 345 g/mol. The predicted octanol–water partition coefficient (Wildman–Crippen LogP) is 2.27. The van der Waals surface area contributed by atoms with Crippen LogP contribution in [0.4, 0.5) is 5.69 Å². The number of para-hydroxylation sites is 1. The largest absolute Gasteiger partial charge is 0.326 e. The highest BCUT2D eigenvalue weighted by atomic mass is 16.1. The van der Waals surface area contributed by atoms with Gasteiger partial charge in [0.25, 0.3) is 5.56 Å². The number of amides is 1. The van der Waals surface area contributed by atoms with Crippen molar-refractivity contribution in [2.24, 2.45) is 0 Å². The second-order valence-electron chi connectivity index (χ2n) is 5.75. The number of aromatic nitrogens is 4. The van der Waals surface area contributed by atoms with Crippen molar-refractivity contribution in [2.45, 2.75) is 6.42 Å². The van der Waals surface area contributed by atoms with Crippen LogP contribution in [0.3, 0.4) is 0 Å². The van der Waals surface area contributed by atoms with Crippen LogP contribution in [-0.4, -0.2) is 25.7 Å². The molecule has 1 amide bonds. The summed E-state index contributed by atoms with van der Waals surface area (Å²) < 4.78 is 1.42. The summed E-state index contributed by atoms with van der Waals surface area (Å²) >= 11 is 0. The van der Waals surface area contributed by atoms with Crippen molar-refractivity contribution >= 4 is 17.1 Å². The Hall–Kier alpha value is -3.74. The summed E-state index contributed by atoms with van der Waals surface area (Å²) in [5.74, 6) is 0.115. The van der Waals surface area contributed by atoms with E-state index in [1.807, 2.05) is 48.5 Å². The van der Waals surface area contributed by atoms with E-state index in [1.54, 1.807) is 18.2 Å². The lowest BCUT2D eigenvalue weighted by atomic mass is 10.1. The fraction of sp³-hybridized carbons (Fsp3) is 0.0526. The molecule has 0 aliphatic rings. The Morgan fingerprint density at radius 3 is 2.46 bits per heavy atom. The van der Waals surface area contributed by atoms with Crippen molar-refractivity contribution in [3.8, 4) is 11.3 Å². The highest BCUT2D eigenvalue weighted by Crippen LogP contribution is 2.18. The molecule has 4 rings (SSSR count). The van der Waals surface area contributed by atoms with E-state index in [0.717, 1.165) is 5.56 Å². The zero-order valence-electron chi connectivity index (χ0n) is 13.7. The molecule has 0 spiro atoms. The number of carbonyl (C=O) groups is 1. The number of nitrogens with zero attached hydrogens (tertiary/aromatic N) is 3. The SMILES string of the molecule is O=C(Cc1n[nH]c(=O)c2cc(-c3ccccc3)nn12)Nc1ccccc1. The van der Waals surface area contributed by atoms with Crippen LogP contribution in [0.25, 0.3) is 16.8 Å². The molecule has 0 bridgehead atoms. The van der Waals surface area contributed by atoms with E-state index >= 15 is 0 Å². The van der Waals surface area contributed by atoms with Gasteiger partial charge in [0.05, 0.1) is 12.1 Å². The Morgan fingerprint density at radius 2 is 1.73 bits per heavy atom. The first kappa shape index (κ1) is 15.8. The maximum Gasteiger partial charge on any atom is 0.290 e. The van der Waals surface area contributed by atoms with Gasteiger partial charge in [-0.2, -0.15) is 10.2 Å². The second kappa shape index (κ2) is 6.64. The van der Waals surface area contributed by atoms with Crippen LogP contribution in [0.15, 0.2) is 71.5 Å². The number of hydrogen-bond donors (Lipinski definition) is 2. The second-order valence-corrected chi connectivity index (χ2v) is 5.75. The van der Waals surface area contributed by atoms with Gasteiger partial charge in [0.2, 0.25) is 5.91 Å². The van der Waals surface area contributed by atoms with Crippen molar-refractivity contribution in [3.63, 3.8) is 0 Å². The first-order valence-electron chi connectivity index (χ1n) is 8.08. The molecule has 2 heterocycles. The molecule has 4 aromatic rings. The zero-order valence-corrected chi connectivity index (χ0v) is 13.7. The Bertz CT molecular complexity index is 1120. The molecule has 26 heavy (non-hydrogen) atoms. The number of nitrogens with one attached hydrogen (secondary N) is 2. The van der Waals surface area contributed by atoms with Gasteiger partial charge in [-0.05, 0) is 18.2 Å². The highest BCUT2D eigenvalue weighted by Gasteiger charge is 2.14. The van der Waals surface area contributed by atoms with E-state index in [4.69, 9.17) is 0 Å². The lowest BCUT2D eigenvalue weighted by Crippen LogP contribution is -2.22. The van der Waals surface area contributed by atoms with Crippen LogP contribution < -0.4 is 10.9 Å². The molecule has 7 nitrogen and oxygen atoms in total. The predicted molar refractivity (Wildman–Crippen MR) is 97.8 cm³/mol. The van der Waals surface area contributed by atoms with Gasteiger partial charge in [-0.25, -0.2) is 9.61 Å². The van der Waals surface area contributed by atoms with Gasteiger partial charge in [-0.15, -0.1) is 0 Å². The number of H-pyrrole nitrogens is 1. The minimum atomic E-state index is -0.355. The lowest BCUT2D eigenvalue weighted by Gasteiger charge is -2.05. The third-order valence-electron chi connectivity index (χ3n) is 3.92. The van der Waals surface area contributed by atoms with E-state index in [2.05, 4.69) is 20.6 Å². The van der Waals surface area contributed by atoms with Gasteiger partial charge in [-0.1, -0.05) is 48.5 Å². The number of carbonyl (C=O) groups excluding carboxylic acids is 1. The molecule has 2 aromatic heterocycles. The van der Waals surface area contributed by atoms with Crippen molar-refractivity contribution in [1.29, 1.82) is 0 Å². The van der Waals surface area contributed by atoms with E-state index in [1.165, 1.54) is 4.52 Å². The van der Waals surface area contributed by atoms with Crippen LogP contribution in [0, 0.1) is 0 Å². The topological polar surface area (TPSA) is 92.2 Å². The molecule has 0 unspecified atom stereocenters. The number of anilines is 1. The number of aromatic amines is 1. The summed E-state index contributed by atoms with van der Waals surface area (Å²) in [5.41, 5.74) is 2.22. The number of benzene rings is 2. The molecular weight excluding hydrogens is 330 g/mol. The van der Waals surface area contributed by atoms with Gasteiger partial charge < -0.3 is 5.32 Å². The number of fused-ring (bicyclic) bond motifs is 1. The average molecular weight is 345 g/mol. The smallest absolute Gasteiger partial charge is 0.290 e. The maximum atomic E-state index is 12.3. The van der Waals surface area contributed by atoms with E-state index in [-0.39, 0.29) is 17.9 Å². The normalized spacial score (nSPS) is 10.8. The molecule has 0 radical (unpaired) electrons. The van der Waals surface area contributed by atoms with Crippen LogP contribution in [-0.2, 0) is 11.2 Å². The number of hydrogen-bond acceptors (Lipinski definition) is 4. The Balaban J connectivity index is 1.67. The summed E-state index contributed by atoms with van der Waals surface area (Å²) in [6, 6.07) is 20.4. The first-order valence-corrected chi connectivity index (χ1v) is 8.08. The fourth-order valence-electron chi connectivity index (χ4n) is 2.69. The Morgan fingerprint density at radius 1 is 1.04 bits per heavy atom. The Labute approximate surface area is 148 Å². The minimum Gasteiger partial charge on any atom is -0.326 e. The molecule has 0 aliphatic carbocycles. The van der Waals surface area contributed by atoms with E-state index in [0.29, 0.717) is 22.7 Å². The standard InChI is InChI=1S/C19H15N5O2/c25-18(20-14-9-5-2-6-10-14)12-17-21-22-19(26)16-11-15(23-24(16)17)13-7-3-1-4-8-13/h1-11H,12H2,(H,20,25)(H,22,26). The van der Waals surface area contributed by atoms with Crippen LogP contribution in [0.1, 0.15) is 5.82 Å². The van der Waals surface area contributed by atoms with Crippen LogP contribution in [0.2, 0.25) is 0 Å². The van der Waals surface area contributed by atoms with Crippen LogP contribution >= 0.6 is 0 Å². The lowest BCUT2D eigenvalue weighted by molar-refractivity contribution is -0.115. The quantitative estimate of drug-likeness (QED) is 0.593. The Kier molecular flexibility index (Phi) is 4.03. The summed E-state index contributed by atoms with van der Waals surface area (Å²) in [6.07, 6.45) is -0.0158. The van der Waals surface area contributed by atoms with Gasteiger partial charge in [-0.3, -0.25) is 9.59 Å². The van der Waals surface area contributed by atoms with Crippen LogP contribution in [0.5, 0.6) is 0 Å². The maximum absolute atomic E-state index is 12.3. The molecule has 2 aromatic carbocycles. The van der Waals surface area contributed by atoms with Crippen molar-refractivity contribution in [2.75, 3.05) is 5.32 Å². The summed E-state index contributed by atoms with van der Waals surface area (Å²) in [4.78, 5) is 24.4. The fourth-order valence-corrected chi connectivity index (χ4v) is 2.69. The molecule has 7 heteroatoms. The molecule has 0 saturated heterocycles.